The van der Waals surface area contributed by atoms with Gasteiger partial charge in [0.25, 0.3) is 0 Å². The fraction of sp³-hybridized carbons (Fsp3) is 0.850. The molecule has 4 aliphatic rings. The number of allylic oxidation sites excluding steroid dienone is 1. The largest absolute Gasteiger partial charge is 0.461 e. The minimum atomic E-state index is 0.0501. The van der Waals surface area contributed by atoms with E-state index in [1.54, 1.807) is 0 Å². The molecule has 0 aromatic carbocycles. The summed E-state index contributed by atoms with van der Waals surface area (Å²) in [6.45, 7) is 10.4. The van der Waals surface area contributed by atoms with E-state index in [2.05, 4.69) is 33.8 Å². The predicted molar refractivity (Wildman–Crippen MR) is 87.2 cm³/mol. The molecule has 4 rings (SSSR count). The molecule has 2 heteroatoms. The topological polar surface area (TPSA) is 26.3 Å². The Kier molecular flexibility index (Phi) is 2.95. The van der Waals surface area contributed by atoms with Gasteiger partial charge in [-0.15, -0.1) is 0 Å². The Labute approximate surface area is 134 Å². The number of cyclic esters (lactones) is 1. The van der Waals surface area contributed by atoms with Gasteiger partial charge in [-0.1, -0.05) is 40.2 Å². The van der Waals surface area contributed by atoms with Gasteiger partial charge in [0, 0.05) is 0 Å². The molecule has 122 valence electrons. The number of carbonyl (C=O) groups excluding carboxylic acids is 1. The van der Waals surface area contributed by atoms with Crippen molar-refractivity contribution < 1.29 is 9.53 Å². The van der Waals surface area contributed by atoms with Gasteiger partial charge in [-0.3, -0.25) is 4.79 Å². The lowest BCUT2D eigenvalue weighted by Crippen LogP contribution is -2.58. The molecule has 5 atom stereocenters. The van der Waals surface area contributed by atoms with Crippen molar-refractivity contribution in [1.29, 1.82) is 0 Å². The van der Waals surface area contributed by atoms with Crippen LogP contribution in [0.5, 0.6) is 0 Å². The second-order valence-electron chi connectivity index (χ2n) is 9.55. The number of rotatable bonds is 0. The zero-order valence-corrected chi connectivity index (χ0v) is 14.6. The van der Waals surface area contributed by atoms with Crippen LogP contribution >= 0.6 is 0 Å². The summed E-state index contributed by atoms with van der Waals surface area (Å²) >= 11 is 0. The van der Waals surface area contributed by atoms with Crippen LogP contribution in [0.25, 0.3) is 0 Å². The summed E-state index contributed by atoms with van der Waals surface area (Å²) in [7, 11) is 0. The predicted octanol–water partition coefficient (Wildman–Crippen LogP) is 4.74. The van der Waals surface area contributed by atoms with Crippen LogP contribution in [0.3, 0.4) is 0 Å². The van der Waals surface area contributed by atoms with Gasteiger partial charge in [0.1, 0.15) is 6.61 Å². The number of ether oxygens (including phenoxy) is 1. The van der Waals surface area contributed by atoms with Crippen molar-refractivity contribution in [3.63, 3.8) is 0 Å². The molecule has 0 spiro atoms. The fourth-order valence-electron chi connectivity index (χ4n) is 7.18. The maximum atomic E-state index is 12.4. The van der Waals surface area contributed by atoms with E-state index in [0.717, 1.165) is 12.3 Å². The maximum absolute atomic E-state index is 12.4. The van der Waals surface area contributed by atoms with E-state index in [1.165, 1.54) is 37.7 Å². The van der Waals surface area contributed by atoms with Crippen molar-refractivity contribution >= 4 is 5.97 Å². The smallest absolute Gasteiger partial charge is 0.314 e. The van der Waals surface area contributed by atoms with Crippen LogP contribution in [0.1, 0.15) is 66.2 Å². The van der Waals surface area contributed by atoms with E-state index in [4.69, 9.17) is 4.74 Å². The zero-order chi connectivity index (χ0) is 15.8. The van der Waals surface area contributed by atoms with Crippen molar-refractivity contribution in [3.8, 4) is 0 Å². The molecule has 0 bridgehead atoms. The van der Waals surface area contributed by atoms with Crippen LogP contribution in [0.15, 0.2) is 11.6 Å². The minimum Gasteiger partial charge on any atom is -0.461 e. The number of fused-ring (bicyclic) bond motifs is 5. The summed E-state index contributed by atoms with van der Waals surface area (Å²) in [6, 6.07) is 0. The highest BCUT2D eigenvalue weighted by Gasteiger charge is 2.63. The van der Waals surface area contributed by atoms with E-state index in [-0.39, 0.29) is 17.3 Å². The van der Waals surface area contributed by atoms with Gasteiger partial charge in [0.2, 0.25) is 0 Å². The molecule has 3 aliphatic carbocycles. The molecule has 0 unspecified atom stereocenters. The molecule has 1 aliphatic heterocycles. The lowest BCUT2D eigenvalue weighted by atomic mass is 9.40. The number of carbonyl (C=O) groups is 1. The van der Waals surface area contributed by atoms with E-state index in [1.807, 2.05) is 0 Å². The molecule has 3 fully saturated rings. The Balaban J connectivity index is 1.78. The molecule has 1 saturated heterocycles. The molecule has 1 heterocycles. The van der Waals surface area contributed by atoms with Crippen molar-refractivity contribution in [2.75, 3.05) is 6.61 Å². The van der Waals surface area contributed by atoms with E-state index >= 15 is 0 Å². The highest BCUT2D eigenvalue weighted by Crippen LogP contribution is 2.68. The number of hydrogen-bond donors (Lipinski definition) is 0. The van der Waals surface area contributed by atoms with Gasteiger partial charge in [-0.25, -0.2) is 0 Å². The first-order valence-electron chi connectivity index (χ1n) is 9.15. The first-order chi connectivity index (χ1) is 10.3. The van der Waals surface area contributed by atoms with Crippen LogP contribution in [0.4, 0.5) is 0 Å². The Hall–Kier alpha value is -0.790. The third kappa shape index (κ3) is 1.70. The lowest BCUT2D eigenvalue weighted by Gasteiger charge is -2.64. The molecule has 2 saturated carbocycles. The standard InChI is InChI=1S/C20H30O2/c1-18(2)9-5-10-19(3)14(18)8-11-20(4)15(19)7-6-13-12-22-17(21)16(13)20/h6,14-16H,5,7-12H2,1-4H3/t14-,15+,16-,19-,20+/m1/s1. The van der Waals surface area contributed by atoms with Gasteiger partial charge >= 0.3 is 5.97 Å². The highest BCUT2D eigenvalue weighted by molar-refractivity contribution is 5.80. The molecular formula is C20H30O2. The third-order valence-corrected chi connectivity index (χ3v) is 8.10. The second-order valence-corrected chi connectivity index (χ2v) is 9.55. The first kappa shape index (κ1) is 14.8. The Bertz CT molecular complexity index is 546. The van der Waals surface area contributed by atoms with E-state index < -0.39 is 0 Å². The van der Waals surface area contributed by atoms with Crippen molar-refractivity contribution in [2.24, 2.45) is 34.0 Å². The average molecular weight is 302 g/mol. The normalized spacial score (nSPS) is 49.5. The summed E-state index contributed by atoms with van der Waals surface area (Å²) in [6.07, 6.45) is 10.0. The van der Waals surface area contributed by atoms with Crippen LogP contribution in [-0.4, -0.2) is 12.6 Å². The van der Waals surface area contributed by atoms with Crippen LogP contribution < -0.4 is 0 Å². The monoisotopic (exact) mass is 302 g/mol. The quantitative estimate of drug-likeness (QED) is 0.477. The highest BCUT2D eigenvalue weighted by atomic mass is 16.5. The van der Waals surface area contributed by atoms with Gasteiger partial charge < -0.3 is 4.74 Å². The molecule has 0 aromatic heterocycles. The molecular weight excluding hydrogens is 272 g/mol. The van der Waals surface area contributed by atoms with Crippen LogP contribution in [-0.2, 0) is 9.53 Å². The summed E-state index contributed by atoms with van der Waals surface area (Å²) in [5.41, 5.74) is 2.24. The molecule has 22 heavy (non-hydrogen) atoms. The first-order valence-corrected chi connectivity index (χ1v) is 9.15. The Morgan fingerprint density at radius 2 is 1.82 bits per heavy atom. The molecule has 0 aromatic rings. The minimum absolute atomic E-state index is 0.0501. The molecule has 0 N–H and O–H groups in total. The summed E-state index contributed by atoms with van der Waals surface area (Å²) in [4.78, 5) is 12.4. The Morgan fingerprint density at radius 3 is 2.59 bits per heavy atom. The van der Waals surface area contributed by atoms with Crippen molar-refractivity contribution in [1.82, 2.24) is 0 Å². The summed E-state index contributed by atoms with van der Waals surface area (Å²) < 4.78 is 5.42. The SMILES string of the molecule is CC1(C)CCC[C@@]2(C)[C@@H]3CC=C4COC(=O)[C@@H]4[C@@]3(C)CC[C@H]12. The van der Waals surface area contributed by atoms with Crippen LogP contribution in [0.2, 0.25) is 0 Å². The van der Waals surface area contributed by atoms with Gasteiger partial charge in [0.05, 0.1) is 5.92 Å². The third-order valence-electron chi connectivity index (χ3n) is 8.10. The van der Waals surface area contributed by atoms with Gasteiger partial charge in [-0.05, 0) is 65.8 Å². The summed E-state index contributed by atoms with van der Waals surface area (Å²) in [5, 5.41) is 0. The molecule has 0 radical (unpaired) electrons. The van der Waals surface area contributed by atoms with Gasteiger partial charge in [-0.2, -0.15) is 0 Å². The summed E-state index contributed by atoms with van der Waals surface area (Å²) in [5.74, 6) is 1.54. The maximum Gasteiger partial charge on any atom is 0.314 e. The molecule has 2 nitrogen and oxygen atoms in total. The second kappa shape index (κ2) is 4.39. The Morgan fingerprint density at radius 1 is 1.05 bits per heavy atom. The van der Waals surface area contributed by atoms with Gasteiger partial charge in [0.15, 0.2) is 0 Å². The van der Waals surface area contributed by atoms with Crippen molar-refractivity contribution in [3.05, 3.63) is 11.6 Å². The number of esters is 1. The zero-order valence-electron chi connectivity index (χ0n) is 14.6. The molecule has 0 amide bonds. The van der Waals surface area contributed by atoms with E-state index in [0.29, 0.717) is 23.4 Å². The lowest BCUT2D eigenvalue weighted by molar-refractivity contribution is -0.163. The van der Waals surface area contributed by atoms with E-state index in [9.17, 15) is 4.79 Å². The fourth-order valence-corrected chi connectivity index (χ4v) is 7.18. The van der Waals surface area contributed by atoms with Crippen LogP contribution in [0, 0.1) is 34.0 Å². The number of hydrogen-bond acceptors (Lipinski definition) is 2. The van der Waals surface area contributed by atoms with Crippen molar-refractivity contribution in [2.45, 2.75) is 66.2 Å². The average Bonchev–Trinajstić information content (AvgIpc) is 2.80.